The number of rotatable bonds is 3. The third-order valence-electron chi connectivity index (χ3n) is 5.31. The van der Waals surface area contributed by atoms with Crippen LogP contribution < -0.4 is 0 Å². The van der Waals surface area contributed by atoms with Crippen molar-refractivity contribution < 1.29 is 32.6 Å². The Kier molecular flexibility index (Phi) is 7.50. The molecule has 0 aromatic carbocycles. The molecule has 0 saturated carbocycles. The quantitative estimate of drug-likeness (QED) is 0.781. The highest BCUT2D eigenvalue weighted by Gasteiger charge is 2.44. The molecule has 0 bridgehead atoms. The lowest BCUT2D eigenvalue weighted by atomic mass is 9.90. The Bertz CT molecular complexity index is 606. The minimum absolute atomic E-state index is 0.0618. The van der Waals surface area contributed by atoms with E-state index in [1.165, 1.54) is 6.42 Å². The lowest BCUT2D eigenvalue weighted by Gasteiger charge is -2.39. The van der Waals surface area contributed by atoms with E-state index in [1.54, 1.807) is 0 Å². The van der Waals surface area contributed by atoms with Gasteiger partial charge < -0.3 is 19.6 Å². The Morgan fingerprint density at radius 2 is 2.00 bits per heavy atom. The molecular formula is C19H29F3N2O4. The molecule has 160 valence electrons. The molecule has 3 aliphatic rings. The van der Waals surface area contributed by atoms with Crippen molar-refractivity contribution in [2.75, 3.05) is 33.7 Å². The van der Waals surface area contributed by atoms with Gasteiger partial charge in [0.05, 0.1) is 18.2 Å². The number of hydrogen-bond acceptors (Lipinski definition) is 4. The first kappa shape index (κ1) is 22.7. The smallest absolute Gasteiger partial charge is 0.475 e. The van der Waals surface area contributed by atoms with Crippen molar-refractivity contribution >= 4 is 11.9 Å². The van der Waals surface area contributed by atoms with Crippen LogP contribution in [0.3, 0.4) is 0 Å². The number of carbonyl (C=O) groups excluding carboxylic acids is 1. The summed E-state index contributed by atoms with van der Waals surface area (Å²) in [6.07, 6.45) is 5.05. The highest BCUT2D eigenvalue weighted by Crippen LogP contribution is 2.37. The maximum absolute atomic E-state index is 12.5. The Labute approximate surface area is 163 Å². The van der Waals surface area contributed by atoms with Crippen molar-refractivity contribution in [1.82, 2.24) is 9.80 Å². The molecule has 9 heteroatoms. The second-order valence-corrected chi connectivity index (χ2v) is 7.98. The molecule has 0 aromatic rings. The topological polar surface area (TPSA) is 70.1 Å². The number of alkyl halides is 3. The largest absolute Gasteiger partial charge is 0.490 e. The minimum Gasteiger partial charge on any atom is -0.475 e. The summed E-state index contributed by atoms with van der Waals surface area (Å²) >= 11 is 0. The fraction of sp³-hybridized carbons (Fsp3) is 0.789. The van der Waals surface area contributed by atoms with Crippen LogP contribution in [0.25, 0.3) is 0 Å². The summed E-state index contributed by atoms with van der Waals surface area (Å²) < 4.78 is 38.2. The van der Waals surface area contributed by atoms with Gasteiger partial charge in [-0.15, -0.1) is 0 Å². The van der Waals surface area contributed by atoms with Crippen LogP contribution in [0, 0.1) is 0 Å². The fourth-order valence-electron chi connectivity index (χ4n) is 4.05. The zero-order chi connectivity index (χ0) is 20.9. The highest BCUT2D eigenvalue weighted by molar-refractivity contribution is 5.94. The summed E-state index contributed by atoms with van der Waals surface area (Å²) in [6.45, 7) is 2.65. The fourth-order valence-corrected chi connectivity index (χ4v) is 4.05. The van der Waals surface area contributed by atoms with Crippen LogP contribution in [0.1, 0.15) is 44.9 Å². The van der Waals surface area contributed by atoms with E-state index < -0.39 is 12.1 Å². The number of amides is 1. The van der Waals surface area contributed by atoms with Gasteiger partial charge >= 0.3 is 12.1 Å². The van der Waals surface area contributed by atoms with Gasteiger partial charge in [-0.1, -0.05) is 6.08 Å². The molecule has 3 rings (SSSR count). The Morgan fingerprint density at radius 3 is 2.54 bits per heavy atom. The van der Waals surface area contributed by atoms with Gasteiger partial charge in [0.1, 0.15) is 0 Å². The second kappa shape index (κ2) is 9.26. The molecule has 1 spiro atoms. The summed E-state index contributed by atoms with van der Waals surface area (Å²) in [7, 11) is 4.20. The summed E-state index contributed by atoms with van der Waals surface area (Å²) in [6, 6.07) is 0. The minimum atomic E-state index is -5.08. The van der Waals surface area contributed by atoms with E-state index in [-0.39, 0.29) is 11.5 Å². The number of hydrogen-bond donors (Lipinski definition) is 1. The highest BCUT2D eigenvalue weighted by atomic mass is 19.4. The maximum atomic E-state index is 12.5. The first-order chi connectivity index (χ1) is 13.0. The number of carbonyl (C=O) groups is 2. The number of likely N-dealkylation sites (tertiary alicyclic amines) is 1. The van der Waals surface area contributed by atoms with Gasteiger partial charge in [-0.2, -0.15) is 13.2 Å². The van der Waals surface area contributed by atoms with E-state index in [2.05, 4.69) is 25.1 Å². The monoisotopic (exact) mass is 406 g/mol. The molecular weight excluding hydrogens is 377 g/mol. The standard InChI is InChI=1S/C17H28N2O2.C2HF3O2/c1-18(2)12-15-8-5-9-17(21-15)10-11-19(13-17)16(20)14-6-3-4-7-14;3-2(4,5)1(6)7/h6,15H,3-5,7-13H2,1-2H3;(H,6,7)/t15-,17-;/m1./s1. The third-order valence-corrected chi connectivity index (χ3v) is 5.31. The average Bonchev–Trinajstić information content (AvgIpc) is 3.24. The lowest BCUT2D eigenvalue weighted by molar-refractivity contribution is -0.192. The van der Waals surface area contributed by atoms with Crippen molar-refractivity contribution in [2.24, 2.45) is 0 Å². The van der Waals surface area contributed by atoms with Crippen LogP contribution in [0.5, 0.6) is 0 Å². The van der Waals surface area contributed by atoms with Crippen molar-refractivity contribution in [3.05, 3.63) is 11.6 Å². The molecule has 1 N–H and O–H groups in total. The van der Waals surface area contributed by atoms with Crippen LogP contribution in [0.4, 0.5) is 13.2 Å². The number of allylic oxidation sites excluding steroid dienone is 1. The van der Waals surface area contributed by atoms with E-state index >= 15 is 0 Å². The molecule has 0 unspecified atom stereocenters. The van der Waals surface area contributed by atoms with Gasteiger partial charge in [-0.05, 0) is 59.0 Å². The average molecular weight is 406 g/mol. The SMILES string of the molecule is CN(C)C[C@H]1CCC[C@]2(CCN(C(=O)C3=CCCC3)C2)O1.O=C(O)C(F)(F)F. The second-order valence-electron chi connectivity index (χ2n) is 7.98. The van der Waals surface area contributed by atoms with Gasteiger partial charge in [-0.25, -0.2) is 4.79 Å². The van der Waals surface area contributed by atoms with Crippen molar-refractivity contribution in [3.8, 4) is 0 Å². The molecule has 2 heterocycles. The predicted molar refractivity (Wildman–Crippen MR) is 96.8 cm³/mol. The molecule has 2 saturated heterocycles. The number of likely N-dealkylation sites (N-methyl/N-ethyl adjacent to an activating group) is 1. The molecule has 1 aliphatic carbocycles. The van der Waals surface area contributed by atoms with Crippen LogP contribution >= 0.6 is 0 Å². The summed E-state index contributed by atoms with van der Waals surface area (Å²) in [5.74, 6) is -2.49. The van der Waals surface area contributed by atoms with Crippen LogP contribution in [0.2, 0.25) is 0 Å². The Hall–Kier alpha value is -1.61. The van der Waals surface area contributed by atoms with Crippen LogP contribution in [0.15, 0.2) is 11.6 Å². The van der Waals surface area contributed by atoms with E-state index in [0.29, 0.717) is 6.10 Å². The number of ether oxygens (including phenoxy) is 1. The summed E-state index contributed by atoms with van der Waals surface area (Å²) in [4.78, 5) is 25.7. The Balaban J connectivity index is 0.000000345. The summed E-state index contributed by atoms with van der Waals surface area (Å²) in [5.41, 5.74) is 0.973. The molecule has 28 heavy (non-hydrogen) atoms. The van der Waals surface area contributed by atoms with Gasteiger partial charge in [0, 0.05) is 18.7 Å². The number of halogens is 3. The van der Waals surface area contributed by atoms with E-state index in [4.69, 9.17) is 14.6 Å². The number of carboxylic acid groups (broad SMARTS) is 1. The molecule has 2 atom stereocenters. The third kappa shape index (κ3) is 6.20. The zero-order valence-electron chi connectivity index (χ0n) is 16.4. The first-order valence-electron chi connectivity index (χ1n) is 9.63. The van der Waals surface area contributed by atoms with Gasteiger partial charge in [0.25, 0.3) is 0 Å². The van der Waals surface area contributed by atoms with Crippen molar-refractivity contribution in [1.29, 1.82) is 0 Å². The Morgan fingerprint density at radius 1 is 1.32 bits per heavy atom. The lowest BCUT2D eigenvalue weighted by Crippen LogP contribution is -2.46. The molecule has 2 aliphatic heterocycles. The van der Waals surface area contributed by atoms with Gasteiger partial charge in [-0.3, -0.25) is 4.79 Å². The van der Waals surface area contributed by atoms with E-state index in [1.807, 2.05) is 4.90 Å². The van der Waals surface area contributed by atoms with Crippen molar-refractivity contribution in [2.45, 2.75) is 62.8 Å². The normalized spacial score (nSPS) is 27.6. The predicted octanol–water partition coefficient (Wildman–Crippen LogP) is 2.83. The molecule has 1 amide bonds. The van der Waals surface area contributed by atoms with Gasteiger partial charge in [0.15, 0.2) is 0 Å². The molecule has 0 radical (unpaired) electrons. The van der Waals surface area contributed by atoms with Crippen LogP contribution in [-0.4, -0.2) is 78.4 Å². The van der Waals surface area contributed by atoms with Gasteiger partial charge in [0.2, 0.25) is 5.91 Å². The first-order valence-corrected chi connectivity index (χ1v) is 9.63. The maximum Gasteiger partial charge on any atom is 0.490 e. The number of carboxylic acids is 1. The van der Waals surface area contributed by atoms with Crippen LogP contribution in [-0.2, 0) is 14.3 Å². The molecule has 6 nitrogen and oxygen atoms in total. The van der Waals surface area contributed by atoms with E-state index in [9.17, 15) is 18.0 Å². The molecule has 0 aromatic heterocycles. The van der Waals surface area contributed by atoms with Crippen molar-refractivity contribution in [3.63, 3.8) is 0 Å². The van der Waals surface area contributed by atoms with E-state index in [0.717, 1.165) is 63.7 Å². The zero-order valence-corrected chi connectivity index (χ0v) is 16.4. The summed E-state index contributed by atoms with van der Waals surface area (Å²) in [5, 5.41) is 7.12. The molecule has 2 fully saturated rings. The number of nitrogens with zero attached hydrogens (tertiary/aromatic N) is 2. The number of aliphatic carboxylic acids is 1.